The first kappa shape index (κ1) is 20.1. The molecule has 156 valence electrons. The summed E-state index contributed by atoms with van der Waals surface area (Å²) in [4.78, 5) is 30.8. The Morgan fingerprint density at radius 3 is 2.52 bits per heavy atom. The number of Topliss-reactive ketones (excluding diaryl/α,β-unsaturated/α-hetero) is 1. The predicted octanol–water partition coefficient (Wildman–Crippen LogP) is 3.50. The summed E-state index contributed by atoms with van der Waals surface area (Å²) in [5.74, 6) is 0.270. The van der Waals surface area contributed by atoms with Crippen molar-refractivity contribution >= 4 is 11.7 Å². The molecule has 1 aromatic rings. The highest BCUT2D eigenvalue weighted by atomic mass is 16.5. The number of hydrogen-bond donors (Lipinski definition) is 0. The number of rotatable bonds is 6. The molecular formula is C24H32N2O3. The highest BCUT2D eigenvalue weighted by Gasteiger charge is 2.51. The van der Waals surface area contributed by atoms with Crippen LogP contribution < -0.4 is 0 Å². The van der Waals surface area contributed by atoms with Crippen molar-refractivity contribution in [3.8, 4) is 0 Å². The second-order valence-electron chi connectivity index (χ2n) is 8.81. The molecule has 0 bridgehead atoms. The number of nitrogens with zero attached hydrogens (tertiary/aromatic N) is 2. The molecule has 0 aromatic heterocycles. The van der Waals surface area contributed by atoms with E-state index in [2.05, 4.69) is 36.1 Å². The van der Waals surface area contributed by atoms with Gasteiger partial charge >= 0.3 is 0 Å². The molecule has 1 saturated carbocycles. The van der Waals surface area contributed by atoms with Crippen LogP contribution >= 0.6 is 0 Å². The lowest BCUT2D eigenvalue weighted by molar-refractivity contribution is -0.135. The lowest BCUT2D eigenvalue weighted by Gasteiger charge is -2.35. The van der Waals surface area contributed by atoms with Gasteiger partial charge < -0.3 is 14.5 Å². The van der Waals surface area contributed by atoms with E-state index >= 15 is 0 Å². The Balaban J connectivity index is 1.69. The molecule has 2 aliphatic heterocycles. The fourth-order valence-corrected chi connectivity index (χ4v) is 4.96. The molecule has 1 aliphatic carbocycles. The van der Waals surface area contributed by atoms with Gasteiger partial charge in [0.1, 0.15) is 6.10 Å². The number of amides is 1. The minimum atomic E-state index is -0.319. The van der Waals surface area contributed by atoms with Crippen molar-refractivity contribution in [3.63, 3.8) is 0 Å². The van der Waals surface area contributed by atoms with Gasteiger partial charge in [-0.1, -0.05) is 37.6 Å². The number of aryl methyl sites for hydroxylation is 1. The van der Waals surface area contributed by atoms with Crippen molar-refractivity contribution in [2.24, 2.45) is 5.92 Å². The Bertz CT molecular complexity index is 812. The summed E-state index contributed by atoms with van der Waals surface area (Å²) in [5, 5.41) is 0. The van der Waals surface area contributed by atoms with Crippen LogP contribution in [-0.4, -0.2) is 54.8 Å². The molecule has 4 rings (SSSR count). The lowest BCUT2D eigenvalue weighted by atomic mass is 9.77. The maximum atomic E-state index is 13.5. The Labute approximate surface area is 173 Å². The topological polar surface area (TPSA) is 49.9 Å². The molecule has 5 nitrogen and oxygen atoms in total. The third-order valence-corrected chi connectivity index (χ3v) is 6.57. The minimum Gasteiger partial charge on any atom is -0.483 e. The van der Waals surface area contributed by atoms with E-state index in [4.69, 9.17) is 4.74 Å². The molecule has 3 aliphatic rings. The molecule has 1 amide bonds. The smallest absolute Gasteiger partial charge is 0.290 e. The number of carbonyl (C=O) groups excluding carboxylic acids is 2. The monoisotopic (exact) mass is 396 g/mol. The first-order chi connectivity index (χ1) is 14.0. The van der Waals surface area contributed by atoms with Crippen molar-refractivity contribution in [1.82, 2.24) is 9.80 Å². The van der Waals surface area contributed by atoms with Crippen molar-refractivity contribution in [2.45, 2.75) is 57.6 Å². The van der Waals surface area contributed by atoms with Crippen LogP contribution in [-0.2, 0) is 20.7 Å². The molecule has 5 heteroatoms. The normalized spacial score (nSPS) is 26.6. The SMILES string of the molecule is CCc1ccc(C2C3=C(OC4CCCCC4C3=O)C(=O)N2CCCN(C)C)cc1. The quantitative estimate of drug-likeness (QED) is 0.739. The van der Waals surface area contributed by atoms with Gasteiger partial charge in [0.15, 0.2) is 11.5 Å². The summed E-state index contributed by atoms with van der Waals surface area (Å²) in [5.41, 5.74) is 2.87. The molecule has 29 heavy (non-hydrogen) atoms. The summed E-state index contributed by atoms with van der Waals surface area (Å²) in [6.45, 7) is 3.65. The highest BCUT2D eigenvalue weighted by Crippen LogP contribution is 2.46. The lowest BCUT2D eigenvalue weighted by Crippen LogP contribution is -2.39. The maximum absolute atomic E-state index is 13.5. The van der Waals surface area contributed by atoms with Crippen LogP contribution in [0.4, 0.5) is 0 Å². The van der Waals surface area contributed by atoms with E-state index in [1.165, 1.54) is 5.56 Å². The van der Waals surface area contributed by atoms with Crippen LogP contribution in [0.25, 0.3) is 0 Å². The summed E-state index contributed by atoms with van der Waals surface area (Å²) < 4.78 is 6.21. The number of ether oxygens (including phenoxy) is 1. The van der Waals surface area contributed by atoms with Crippen molar-refractivity contribution < 1.29 is 14.3 Å². The molecule has 3 atom stereocenters. The first-order valence-corrected chi connectivity index (χ1v) is 11.0. The van der Waals surface area contributed by atoms with Crippen molar-refractivity contribution in [3.05, 3.63) is 46.7 Å². The standard InChI is InChI=1S/C24H32N2O3/c1-4-16-10-12-17(13-11-16)21-20-22(27)18-8-5-6-9-19(18)29-23(20)24(28)26(21)15-7-14-25(2)3/h10-13,18-19,21H,4-9,14-15H2,1-3H3. The van der Waals surface area contributed by atoms with Crippen LogP contribution in [0.1, 0.15) is 56.2 Å². The van der Waals surface area contributed by atoms with Gasteiger partial charge in [-0.05, 0) is 63.9 Å². The van der Waals surface area contributed by atoms with Crippen LogP contribution in [0.15, 0.2) is 35.6 Å². The second kappa shape index (κ2) is 8.31. The third kappa shape index (κ3) is 3.73. The van der Waals surface area contributed by atoms with Gasteiger partial charge in [0.05, 0.1) is 17.5 Å². The van der Waals surface area contributed by atoms with E-state index in [0.29, 0.717) is 17.9 Å². The highest BCUT2D eigenvalue weighted by molar-refractivity contribution is 6.11. The zero-order chi connectivity index (χ0) is 20.5. The molecule has 3 unspecified atom stereocenters. The van der Waals surface area contributed by atoms with Gasteiger partial charge in [-0.3, -0.25) is 9.59 Å². The van der Waals surface area contributed by atoms with E-state index in [1.807, 2.05) is 19.0 Å². The Morgan fingerprint density at radius 1 is 1.10 bits per heavy atom. The molecule has 2 heterocycles. The summed E-state index contributed by atoms with van der Waals surface area (Å²) in [6, 6.07) is 8.04. The molecule has 0 saturated heterocycles. The average molecular weight is 397 g/mol. The Kier molecular flexibility index (Phi) is 5.77. The van der Waals surface area contributed by atoms with Crippen molar-refractivity contribution in [2.75, 3.05) is 27.2 Å². The molecule has 1 fully saturated rings. The summed E-state index contributed by atoms with van der Waals surface area (Å²) in [7, 11) is 4.07. The molecule has 0 radical (unpaired) electrons. The largest absolute Gasteiger partial charge is 0.483 e. The molecule has 1 aromatic carbocycles. The molecule has 0 spiro atoms. The summed E-state index contributed by atoms with van der Waals surface area (Å²) in [6.07, 6.45) is 5.59. The number of carbonyl (C=O) groups is 2. The first-order valence-electron chi connectivity index (χ1n) is 11.0. The third-order valence-electron chi connectivity index (χ3n) is 6.57. The second-order valence-corrected chi connectivity index (χ2v) is 8.81. The average Bonchev–Trinajstić information content (AvgIpc) is 3.00. The number of ketones is 1. The zero-order valence-corrected chi connectivity index (χ0v) is 17.8. The number of hydrogen-bond acceptors (Lipinski definition) is 4. The van der Waals surface area contributed by atoms with Gasteiger partial charge in [0, 0.05) is 6.54 Å². The van der Waals surface area contributed by atoms with E-state index < -0.39 is 0 Å². The molecular weight excluding hydrogens is 364 g/mol. The number of fused-ring (bicyclic) bond motifs is 1. The van der Waals surface area contributed by atoms with E-state index in [0.717, 1.165) is 50.6 Å². The van der Waals surface area contributed by atoms with Crippen LogP contribution in [0, 0.1) is 5.92 Å². The number of benzene rings is 1. The van der Waals surface area contributed by atoms with Crippen LogP contribution in [0.2, 0.25) is 0 Å². The van der Waals surface area contributed by atoms with Crippen LogP contribution in [0.5, 0.6) is 0 Å². The fraction of sp³-hybridized carbons (Fsp3) is 0.583. The zero-order valence-electron chi connectivity index (χ0n) is 17.8. The maximum Gasteiger partial charge on any atom is 0.290 e. The van der Waals surface area contributed by atoms with Gasteiger partial charge in [-0.15, -0.1) is 0 Å². The minimum absolute atomic E-state index is 0.0885. The van der Waals surface area contributed by atoms with Gasteiger partial charge in [0.2, 0.25) is 0 Å². The van der Waals surface area contributed by atoms with Gasteiger partial charge in [0.25, 0.3) is 5.91 Å². The van der Waals surface area contributed by atoms with Gasteiger partial charge in [-0.2, -0.15) is 0 Å². The summed E-state index contributed by atoms with van der Waals surface area (Å²) >= 11 is 0. The van der Waals surface area contributed by atoms with Crippen molar-refractivity contribution in [1.29, 1.82) is 0 Å². The predicted molar refractivity (Wildman–Crippen MR) is 112 cm³/mol. The molecule has 0 N–H and O–H groups in total. The van der Waals surface area contributed by atoms with Crippen LogP contribution in [0.3, 0.4) is 0 Å². The fourth-order valence-electron chi connectivity index (χ4n) is 4.96. The van der Waals surface area contributed by atoms with E-state index in [1.54, 1.807) is 0 Å². The van der Waals surface area contributed by atoms with Gasteiger partial charge in [-0.25, -0.2) is 0 Å². The van der Waals surface area contributed by atoms with E-state index in [-0.39, 0.29) is 29.8 Å². The van der Waals surface area contributed by atoms with E-state index in [9.17, 15) is 9.59 Å². The Hall–Kier alpha value is -2.14. The Morgan fingerprint density at radius 2 is 1.83 bits per heavy atom.